The molecule has 1 N–H and O–H groups in total. The highest BCUT2D eigenvalue weighted by atomic mass is 16.5. The molecule has 1 aromatic rings. The van der Waals surface area contributed by atoms with Crippen molar-refractivity contribution >= 4 is 0 Å². The van der Waals surface area contributed by atoms with Crippen molar-refractivity contribution in [2.24, 2.45) is 0 Å². The van der Waals surface area contributed by atoms with E-state index < -0.39 is 0 Å². The smallest absolute Gasteiger partial charge is 0.243 e. The Morgan fingerprint density at radius 1 is 1.47 bits per heavy atom. The van der Waals surface area contributed by atoms with Crippen molar-refractivity contribution in [2.45, 2.75) is 51.5 Å². The average molecular weight is 209 g/mol. The Morgan fingerprint density at radius 2 is 2.40 bits per heavy atom. The van der Waals surface area contributed by atoms with E-state index in [4.69, 9.17) is 4.52 Å². The molecule has 0 aliphatic carbocycles. The zero-order chi connectivity index (χ0) is 10.5. The Hall–Kier alpha value is -0.900. The van der Waals surface area contributed by atoms with Gasteiger partial charge >= 0.3 is 0 Å². The van der Waals surface area contributed by atoms with Crippen molar-refractivity contribution in [1.29, 1.82) is 0 Å². The Morgan fingerprint density at radius 3 is 3.13 bits per heavy atom. The van der Waals surface area contributed by atoms with Gasteiger partial charge in [-0.1, -0.05) is 24.9 Å². The lowest BCUT2D eigenvalue weighted by atomic mass is 10.1. The Balaban J connectivity index is 1.93. The van der Waals surface area contributed by atoms with E-state index in [0.29, 0.717) is 6.04 Å². The summed E-state index contributed by atoms with van der Waals surface area (Å²) in [6.07, 6.45) is 6.88. The van der Waals surface area contributed by atoms with Crippen molar-refractivity contribution in [2.75, 3.05) is 6.54 Å². The van der Waals surface area contributed by atoms with Crippen LogP contribution in [0.4, 0.5) is 0 Å². The van der Waals surface area contributed by atoms with Crippen molar-refractivity contribution in [3.05, 3.63) is 11.7 Å². The lowest BCUT2D eigenvalue weighted by Gasteiger charge is -2.19. The van der Waals surface area contributed by atoms with E-state index in [-0.39, 0.29) is 0 Å². The van der Waals surface area contributed by atoms with Gasteiger partial charge in [0.1, 0.15) is 0 Å². The standard InChI is InChI=1S/C11H19N3O/c1-2-3-7-10-13-11(15-14-10)9-6-4-5-8-12-9/h9,12H,2-8H2,1H3/t9-/m1/s1. The van der Waals surface area contributed by atoms with Gasteiger partial charge in [0.2, 0.25) is 5.89 Å². The summed E-state index contributed by atoms with van der Waals surface area (Å²) in [5, 5.41) is 7.41. The molecular weight excluding hydrogens is 190 g/mol. The van der Waals surface area contributed by atoms with Crippen LogP contribution in [0.3, 0.4) is 0 Å². The van der Waals surface area contributed by atoms with E-state index >= 15 is 0 Å². The molecular formula is C11H19N3O. The van der Waals surface area contributed by atoms with Crippen LogP contribution in [0.1, 0.15) is 56.8 Å². The van der Waals surface area contributed by atoms with Gasteiger partial charge in [-0.15, -0.1) is 0 Å². The lowest BCUT2D eigenvalue weighted by molar-refractivity contribution is 0.296. The van der Waals surface area contributed by atoms with Gasteiger partial charge < -0.3 is 9.84 Å². The number of unbranched alkanes of at least 4 members (excludes halogenated alkanes) is 1. The van der Waals surface area contributed by atoms with Gasteiger partial charge in [-0.05, 0) is 25.8 Å². The van der Waals surface area contributed by atoms with E-state index in [0.717, 1.165) is 37.5 Å². The second-order valence-electron chi connectivity index (χ2n) is 4.15. The second-order valence-corrected chi connectivity index (χ2v) is 4.15. The molecule has 0 radical (unpaired) electrons. The first-order valence-corrected chi connectivity index (χ1v) is 5.96. The zero-order valence-electron chi connectivity index (χ0n) is 9.33. The molecule has 1 aliphatic rings. The molecule has 1 aromatic heterocycles. The summed E-state index contributed by atoms with van der Waals surface area (Å²) >= 11 is 0. The van der Waals surface area contributed by atoms with Gasteiger partial charge in [0.15, 0.2) is 5.82 Å². The molecule has 0 unspecified atom stereocenters. The van der Waals surface area contributed by atoms with E-state index in [2.05, 4.69) is 22.4 Å². The minimum atomic E-state index is 0.293. The highest BCUT2D eigenvalue weighted by Crippen LogP contribution is 2.21. The number of hydrogen-bond acceptors (Lipinski definition) is 4. The minimum absolute atomic E-state index is 0.293. The van der Waals surface area contributed by atoms with Crippen molar-refractivity contribution in [3.8, 4) is 0 Å². The molecule has 0 saturated carbocycles. The lowest BCUT2D eigenvalue weighted by Crippen LogP contribution is -2.26. The van der Waals surface area contributed by atoms with Gasteiger partial charge in [0.25, 0.3) is 0 Å². The Kier molecular flexibility index (Phi) is 3.72. The molecule has 1 fully saturated rings. The predicted molar refractivity (Wildman–Crippen MR) is 57.5 cm³/mol. The first-order valence-electron chi connectivity index (χ1n) is 5.96. The van der Waals surface area contributed by atoms with Gasteiger partial charge in [0, 0.05) is 6.42 Å². The normalized spacial score (nSPS) is 21.8. The molecule has 0 amide bonds. The highest BCUT2D eigenvalue weighted by Gasteiger charge is 2.20. The van der Waals surface area contributed by atoms with Crippen LogP contribution >= 0.6 is 0 Å². The van der Waals surface area contributed by atoms with E-state index in [1.165, 1.54) is 19.3 Å². The van der Waals surface area contributed by atoms with E-state index in [1.807, 2.05) is 0 Å². The van der Waals surface area contributed by atoms with Crippen LogP contribution in [0.5, 0.6) is 0 Å². The van der Waals surface area contributed by atoms with Crippen LogP contribution in [0, 0.1) is 0 Å². The molecule has 0 aromatic carbocycles. The second kappa shape index (κ2) is 5.26. The Labute approximate surface area is 90.4 Å². The molecule has 1 saturated heterocycles. The molecule has 4 heteroatoms. The summed E-state index contributed by atoms with van der Waals surface area (Å²) in [4.78, 5) is 4.43. The number of rotatable bonds is 4. The molecule has 4 nitrogen and oxygen atoms in total. The van der Waals surface area contributed by atoms with Crippen LogP contribution in [0.25, 0.3) is 0 Å². The van der Waals surface area contributed by atoms with Gasteiger partial charge in [-0.3, -0.25) is 0 Å². The summed E-state index contributed by atoms with van der Waals surface area (Å²) in [5.41, 5.74) is 0. The highest BCUT2D eigenvalue weighted by molar-refractivity contribution is 4.94. The topological polar surface area (TPSA) is 51.0 Å². The summed E-state index contributed by atoms with van der Waals surface area (Å²) in [6, 6.07) is 0.293. The SMILES string of the molecule is CCCCc1noc([C@H]2CCCCN2)n1. The maximum absolute atomic E-state index is 5.28. The maximum Gasteiger partial charge on any atom is 0.243 e. The molecule has 2 rings (SSSR count). The number of nitrogens with one attached hydrogen (secondary N) is 1. The predicted octanol–water partition coefficient (Wildman–Crippen LogP) is 2.23. The van der Waals surface area contributed by atoms with Crippen molar-refractivity contribution < 1.29 is 4.52 Å². The molecule has 1 aliphatic heterocycles. The number of aromatic nitrogens is 2. The largest absolute Gasteiger partial charge is 0.338 e. The minimum Gasteiger partial charge on any atom is -0.338 e. The fraction of sp³-hybridized carbons (Fsp3) is 0.818. The Bertz CT molecular complexity index is 292. The van der Waals surface area contributed by atoms with Gasteiger partial charge in [-0.25, -0.2) is 0 Å². The molecule has 0 spiro atoms. The molecule has 2 heterocycles. The summed E-state index contributed by atoms with van der Waals surface area (Å²) in [5.74, 6) is 1.64. The molecule has 15 heavy (non-hydrogen) atoms. The summed E-state index contributed by atoms with van der Waals surface area (Å²) in [7, 11) is 0. The van der Waals surface area contributed by atoms with Crippen LogP contribution < -0.4 is 5.32 Å². The number of piperidine rings is 1. The van der Waals surface area contributed by atoms with Crippen LogP contribution in [-0.4, -0.2) is 16.7 Å². The van der Waals surface area contributed by atoms with Crippen molar-refractivity contribution in [3.63, 3.8) is 0 Å². The number of aryl methyl sites for hydroxylation is 1. The van der Waals surface area contributed by atoms with Gasteiger partial charge in [-0.2, -0.15) is 4.98 Å². The molecule has 0 bridgehead atoms. The zero-order valence-corrected chi connectivity index (χ0v) is 9.33. The molecule has 1 atom stereocenters. The van der Waals surface area contributed by atoms with E-state index in [1.54, 1.807) is 0 Å². The first-order chi connectivity index (χ1) is 7.40. The summed E-state index contributed by atoms with van der Waals surface area (Å²) < 4.78 is 5.28. The van der Waals surface area contributed by atoms with E-state index in [9.17, 15) is 0 Å². The van der Waals surface area contributed by atoms with Crippen molar-refractivity contribution in [1.82, 2.24) is 15.5 Å². The number of nitrogens with zero attached hydrogens (tertiary/aromatic N) is 2. The third-order valence-electron chi connectivity index (χ3n) is 2.85. The third kappa shape index (κ3) is 2.78. The summed E-state index contributed by atoms with van der Waals surface area (Å²) in [6.45, 7) is 3.24. The quantitative estimate of drug-likeness (QED) is 0.826. The molecule has 84 valence electrons. The number of hydrogen-bond donors (Lipinski definition) is 1. The fourth-order valence-corrected chi connectivity index (χ4v) is 1.91. The fourth-order valence-electron chi connectivity index (χ4n) is 1.91. The average Bonchev–Trinajstić information content (AvgIpc) is 2.76. The van der Waals surface area contributed by atoms with Crippen LogP contribution in [-0.2, 0) is 6.42 Å². The maximum atomic E-state index is 5.28. The van der Waals surface area contributed by atoms with Gasteiger partial charge in [0.05, 0.1) is 6.04 Å². The third-order valence-corrected chi connectivity index (χ3v) is 2.85. The van der Waals surface area contributed by atoms with Crippen LogP contribution in [0.2, 0.25) is 0 Å². The first kappa shape index (κ1) is 10.6. The van der Waals surface area contributed by atoms with Crippen LogP contribution in [0.15, 0.2) is 4.52 Å². The monoisotopic (exact) mass is 209 g/mol.